The molecule has 1 amide bonds. The van der Waals surface area contributed by atoms with E-state index in [-0.39, 0.29) is 5.91 Å². The molecule has 3 fully saturated rings. The van der Waals surface area contributed by atoms with Gasteiger partial charge in [0.1, 0.15) is 0 Å². The molecule has 3 aliphatic rings. The lowest BCUT2D eigenvalue weighted by Crippen LogP contribution is -2.51. The van der Waals surface area contributed by atoms with Crippen molar-refractivity contribution < 1.29 is 4.79 Å². The van der Waals surface area contributed by atoms with Gasteiger partial charge in [-0.2, -0.15) is 0 Å². The summed E-state index contributed by atoms with van der Waals surface area (Å²) in [4.78, 5) is 13.7. The van der Waals surface area contributed by atoms with Crippen LogP contribution in [0.3, 0.4) is 0 Å². The Morgan fingerprint density at radius 2 is 2.19 bits per heavy atom. The highest BCUT2D eigenvalue weighted by molar-refractivity contribution is 5.76. The third kappa shape index (κ3) is 1.96. The van der Waals surface area contributed by atoms with Gasteiger partial charge in [0.2, 0.25) is 5.91 Å². The van der Waals surface area contributed by atoms with Crippen molar-refractivity contribution in [3.63, 3.8) is 0 Å². The normalized spacial score (nSPS) is 39.8. The SMILES string of the molecule is O=C1CCC(NC2CCN3CCCC23)CN1. The zero-order valence-electron chi connectivity index (χ0n) is 9.74. The maximum Gasteiger partial charge on any atom is 0.220 e. The first-order valence-electron chi connectivity index (χ1n) is 6.60. The van der Waals surface area contributed by atoms with Crippen LogP contribution < -0.4 is 10.6 Å². The second-order valence-electron chi connectivity index (χ2n) is 5.35. The van der Waals surface area contributed by atoms with Gasteiger partial charge < -0.3 is 10.6 Å². The molecular formula is C12H21N3O. The van der Waals surface area contributed by atoms with Gasteiger partial charge in [0.25, 0.3) is 0 Å². The van der Waals surface area contributed by atoms with Crippen LogP contribution in [0.25, 0.3) is 0 Å². The molecule has 0 radical (unpaired) electrons. The Kier molecular flexibility index (Phi) is 2.86. The molecule has 3 aliphatic heterocycles. The molecule has 0 aromatic heterocycles. The second kappa shape index (κ2) is 4.34. The fraction of sp³-hybridized carbons (Fsp3) is 0.917. The maximum absolute atomic E-state index is 11.1. The van der Waals surface area contributed by atoms with Crippen LogP contribution in [-0.2, 0) is 4.79 Å². The summed E-state index contributed by atoms with van der Waals surface area (Å²) in [5.41, 5.74) is 0. The van der Waals surface area contributed by atoms with Gasteiger partial charge >= 0.3 is 0 Å². The van der Waals surface area contributed by atoms with Gasteiger partial charge in [-0.05, 0) is 32.2 Å². The van der Waals surface area contributed by atoms with Crippen molar-refractivity contribution in [1.29, 1.82) is 0 Å². The van der Waals surface area contributed by atoms with Gasteiger partial charge in [-0.3, -0.25) is 9.69 Å². The molecule has 0 aromatic carbocycles. The van der Waals surface area contributed by atoms with E-state index in [9.17, 15) is 4.79 Å². The molecule has 3 atom stereocenters. The van der Waals surface area contributed by atoms with E-state index in [0.29, 0.717) is 18.5 Å². The number of amides is 1. The van der Waals surface area contributed by atoms with Gasteiger partial charge in [0, 0.05) is 37.6 Å². The molecule has 3 unspecified atom stereocenters. The number of hydrogen-bond acceptors (Lipinski definition) is 3. The first-order valence-corrected chi connectivity index (χ1v) is 6.60. The van der Waals surface area contributed by atoms with Crippen LogP contribution in [0.5, 0.6) is 0 Å². The quantitative estimate of drug-likeness (QED) is 0.697. The molecule has 0 aromatic rings. The van der Waals surface area contributed by atoms with Gasteiger partial charge in [0.05, 0.1) is 0 Å². The summed E-state index contributed by atoms with van der Waals surface area (Å²) >= 11 is 0. The maximum atomic E-state index is 11.1. The minimum absolute atomic E-state index is 0.215. The van der Waals surface area contributed by atoms with E-state index in [1.54, 1.807) is 0 Å². The van der Waals surface area contributed by atoms with Crippen molar-refractivity contribution in [3.05, 3.63) is 0 Å². The highest BCUT2D eigenvalue weighted by Gasteiger charge is 2.38. The predicted molar refractivity (Wildman–Crippen MR) is 62.2 cm³/mol. The zero-order chi connectivity index (χ0) is 11.0. The van der Waals surface area contributed by atoms with E-state index >= 15 is 0 Å². The van der Waals surface area contributed by atoms with E-state index < -0.39 is 0 Å². The molecule has 4 nitrogen and oxygen atoms in total. The Bertz CT molecular complexity index is 271. The molecule has 3 saturated heterocycles. The Balaban J connectivity index is 1.53. The van der Waals surface area contributed by atoms with Crippen molar-refractivity contribution >= 4 is 5.91 Å². The molecule has 4 heteroatoms. The standard InChI is InChI=1S/C12H21N3O/c16-12-4-3-9(8-13-12)14-10-5-7-15-6-1-2-11(10)15/h9-11,14H,1-8H2,(H,13,16). The summed E-state index contributed by atoms with van der Waals surface area (Å²) in [5.74, 6) is 0.215. The molecule has 16 heavy (non-hydrogen) atoms. The first-order chi connectivity index (χ1) is 7.83. The third-order valence-corrected chi connectivity index (χ3v) is 4.32. The summed E-state index contributed by atoms with van der Waals surface area (Å²) in [6, 6.07) is 1.95. The number of carbonyl (C=O) groups is 1. The van der Waals surface area contributed by atoms with Crippen LogP contribution >= 0.6 is 0 Å². The largest absolute Gasteiger partial charge is 0.355 e. The average Bonchev–Trinajstić information content (AvgIpc) is 2.86. The van der Waals surface area contributed by atoms with Crippen LogP contribution in [0.4, 0.5) is 0 Å². The van der Waals surface area contributed by atoms with Crippen LogP contribution in [0.15, 0.2) is 0 Å². The lowest BCUT2D eigenvalue weighted by atomic mass is 10.0. The monoisotopic (exact) mass is 223 g/mol. The Hall–Kier alpha value is -0.610. The Morgan fingerprint density at radius 1 is 1.25 bits per heavy atom. The van der Waals surface area contributed by atoms with Crippen molar-refractivity contribution in [2.24, 2.45) is 0 Å². The zero-order valence-corrected chi connectivity index (χ0v) is 9.74. The predicted octanol–water partition coefficient (Wildman–Crippen LogP) is 0.0913. The molecule has 3 rings (SSSR count). The van der Waals surface area contributed by atoms with E-state index in [2.05, 4.69) is 15.5 Å². The minimum Gasteiger partial charge on any atom is -0.355 e. The van der Waals surface area contributed by atoms with Crippen molar-refractivity contribution in [2.45, 2.75) is 50.2 Å². The lowest BCUT2D eigenvalue weighted by molar-refractivity contribution is -0.122. The molecule has 2 N–H and O–H groups in total. The Labute approximate surface area is 96.8 Å². The van der Waals surface area contributed by atoms with Gasteiger partial charge in [0.15, 0.2) is 0 Å². The third-order valence-electron chi connectivity index (χ3n) is 4.32. The number of piperidine rings is 1. The first kappa shape index (κ1) is 10.5. The van der Waals surface area contributed by atoms with Gasteiger partial charge in [-0.1, -0.05) is 0 Å². The summed E-state index contributed by atoms with van der Waals surface area (Å²) in [6.07, 6.45) is 5.71. The summed E-state index contributed by atoms with van der Waals surface area (Å²) < 4.78 is 0. The van der Waals surface area contributed by atoms with Crippen molar-refractivity contribution in [3.8, 4) is 0 Å². The van der Waals surface area contributed by atoms with Gasteiger partial charge in [-0.25, -0.2) is 0 Å². The van der Waals surface area contributed by atoms with Crippen LogP contribution in [0.2, 0.25) is 0 Å². The highest BCUT2D eigenvalue weighted by atomic mass is 16.1. The molecular weight excluding hydrogens is 202 g/mol. The molecule has 0 bridgehead atoms. The van der Waals surface area contributed by atoms with Crippen LogP contribution in [0, 0.1) is 0 Å². The van der Waals surface area contributed by atoms with E-state index in [0.717, 1.165) is 19.0 Å². The molecule has 0 saturated carbocycles. The summed E-state index contributed by atoms with van der Waals surface area (Å²) in [7, 11) is 0. The van der Waals surface area contributed by atoms with Crippen molar-refractivity contribution in [2.75, 3.05) is 19.6 Å². The minimum atomic E-state index is 0.215. The fourth-order valence-corrected chi connectivity index (χ4v) is 3.45. The summed E-state index contributed by atoms with van der Waals surface area (Å²) in [5, 5.41) is 6.70. The van der Waals surface area contributed by atoms with E-state index in [1.165, 1.54) is 32.4 Å². The van der Waals surface area contributed by atoms with E-state index in [1.807, 2.05) is 0 Å². The van der Waals surface area contributed by atoms with Crippen LogP contribution in [-0.4, -0.2) is 48.6 Å². The highest BCUT2D eigenvalue weighted by Crippen LogP contribution is 2.28. The fourth-order valence-electron chi connectivity index (χ4n) is 3.45. The number of carbonyl (C=O) groups excluding carboxylic acids is 1. The average molecular weight is 223 g/mol. The summed E-state index contributed by atoms with van der Waals surface area (Å²) in [6.45, 7) is 3.38. The molecule has 3 heterocycles. The smallest absolute Gasteiger partial charge is 0.220 e. The van der Waals surface area contributed by atoms with Crippen molar-refractivity contribution in [1.82, 2.24) is 15.5 Å². The number of hydrogen-bond donors (Lipinski definition) is 2. The number of nitrogens with zero attached hydrogens (tertiary/aromatic N) is 1. The topological polar surface area (TPSA) is 44.4 Å². The van der Waals surface area contributed by atoms with Gasteiger partial charge in [-0.15, -0.1) is 0 Å². The van der Waals surface area contributed by atoms with E-state index in [4.69, 9.17) is 0 Å². The number of nitrogens with one attached hydrogen (secondary N) is 2. The second-order valence-corrected chi connectivity index (χ2v) is 5.35. The number of rotatable bonds is 2. The molecule has 90 valence electrons. The van der Waals surface area contributed by atoms with Crippen LogP contribution in [0.1, 0.15) is 32.1 Å². The number of fused-ring (bicyclic) bond motifs is 1. The lowest BCUT2D eigenvalue weighted by Gasteiger charge is -2.29. The molecule has 0 spiro atoms. The Morgan fingerprint density at radius 3 is 3.00 bits per heavy atom. The molecule has 0 aliphatic carbocycles.